The monoisotopic (exact) mass is 245 g/mol. The Labute approximate surface area is 95.5 Å². The summed E-state index contributed by atoms with van der Waals surface area (Å²) in [6.07, 6.45) is 0.658. The van der Waals surface area contributed by atoms with Crippen LogP contribution in [0.3, 0.4) is 0 Å². The van der Waals surface area contributed by atoms with E-state index in [9.17, 15) is 8.42 Å². The van der Waals surface area contributed by atoms with Crippen LogP contribution in [-0.2, 0) is 20.1 Å². The maximum Gasteiger partial charge on any atom is 0.273 e. The lowest BCUT2D eigenvalue weighted by atomic mass is 10.4. The molecule has 0 aromatic carbocycles. The summed E-state index contributed by atoms with van der Waals surface area (Å²) in [5.41, 5.74) is 0.412. The highest BCUT2D eigenvalue weighted by Gasteiger charge is 2.13. The summed E-state index contributed by atoms with van der Waals surface area (Å²) in [7, 11) is -2.06. The van der Waals surface area contributed by atoms with E-state index in [2.05, 4.69) is 4.98 Å². The third-order valence-electron chi connectivity index (χ3n) is 1.78. The van der Waals surface area contributed by atoms with Gasteiger partial charge < -0.3 is 4.74 Å². The van der Waals surface area contributed by atoms with E-state index in [0.717, 1.165) is 0 Å². The van der Waals surface area contributed by atoms with Gasteiger partial charge in [-0.3, -0.25) is 4.18 Å². The van der Waals surface area contributed by atoms with Gasteiger partial charge in [-0.25, -0.2) is 4.98 Å². The van der Waals surface area contributed by atoms with Crippen molar-refractivity contribution in [3.63, 3.8) is 0 Å². The second kappa shape index (κ2) is 5.81. The first-order valence-corrected chi connectivity index (χ1v) is 6.52. The van der Waals surface area contributed by atoms with E-state index in [4.69, 9.17) is 8.92 Å². The summed E-state index contributed by atoms with van der Waals surface area (Å²) in [5, 5.41) is 0. The minimum absolute atomic E-state index is 0.201. The first kappa shape index (κ1) is 12.9. The lowest BCUT2D eigenvalue weighted by Crippen LogP contribution is -2.10. The molecule has 0 spiro atoms. The normalized spacial score (nSPS) is 11.4. The predicted molar refractivity (Wildman–Crippen MR) is 59.7 cm³/mol. The third-order valence-corrected chi connectivity index (χ3v) is 2.96. The zero-order chi connectivity index (χ0) is 12.0. The van der Waals surface area contributed by atoms with Crippen molar-refractivity contribution >= 4 is 10.1 Å². The van der Waals surface area contributed by atoms with Gasteiger partial charge in [0.2, 0.25) is 5.88 Å². The molecule has 0 unspecified atom stereocenters. The van der Waals surface area contributed by atoms with Gasteiger partial charge in [0.1, 0.15) is 5.75 Å². The second-order valence-electron chi connectivity index (χ2n) is 3.20. The molecular weight excluding hydrogens is 230 g/mol. The molecule has 1 aromatic heterocycles. The molecule has 0 radical (unpaired) electrons. The largest absolute Gasteiger partial charge is 0.481 e. The van der Waals surface area contributed by atoms with Crippen molar-refractivity contribution < 1.29 is 17.3 Å². The number of nitrogens with zero attached hydrogens (tertiary/aromatic N) is 1. The van der Waals surface area contributed by atoms with Crippen LogP contribution < -0.4 is 4.74 Å². The second-order valence-corrected chi connectivity index (χ2v) is 4.84. The van der Waals surface area contributed by atoms with E-state index in [1.165, 1.54) is 7.11 Å². The minimum atomic E-state index is -3.54. The van der Waals surface area contributed by atoms with Gasteiger partial charge in [-0.15, -0.1) is 0 Å². The number of methoxy groups -OCH3 is 1. The lowest BCUT2D eigenvalue weighted by Gasteiger charge is -2.05. The fourth-order valence-corrected chi connectivity index (χ4v) is 2.11. The van der Waals surface area contributed by atoms with Gasteiger partial charge in [-0.1, -0.05) is 13.0 Å². The Balaban J connectivity index is 2.72. The van der Waals surface area contributed by atoms with Crippen LogP contribution in [0.5, 0.6) is 5.88 Å². The molecule has 0 saturated heterocycles. The van der Waals surface area contributed by atoms with Gasteiger partial charge in [0.15, 0.2) is 0 Å². The van der Waals surface area contributed by atoms with Crippen LogP contribution in [0.25, 0.3) is 0 Å². The van der Waals surface area contributed by atoms with Gasteiger partial charge in [0.25, 0.3) is 10.1 Å². The molecule has 1 rings (SSSR count). The molecule has 5 nitrogen and oxygen atoms in total. The summed E-state index contributed by atoms with van der Waals surface area (Å²) >= 11 is 0. The number of pyridine rings is 1. The quantitative estimate of drug-likeness (QED) is 0.708. The van der Waals surface area contributed by atoms with Crippen LogP contribution in [-0.4, -0.2) is 27.1 Å². The topological polar surface area (TPSA) is 65.5 Å². The molecule has 1 heterocycles. The minimum Gasteiger partial charge on any atom is -0.481 e. The molecule has 0 N–H and O–H groups in total. The fraction of sp³-hybridized carbons (Fsp3) is 0.500. The summed E-state index contributed by atoms with van der Waals surface area (Å²) in [6.45, 7) is 2.05. The maximum absolute atomic E-state index is 11.5. The SMILES string of the molecule is CCCOS(=O)(=O)Cc1cccc(OC)n1. The van der Waals surface area contributed by atoms with Crippen LogP contribution in [0, 0.1) is 0 Å². The molecule has 0 fully saturated rings. The molecule has 0 aliphatic carbocycles. The van der Waals surface area contributed by atoms with Crippen molar-refractivity contribution in [2.75, 3.05) is 13.7 Å². The van der Waals surface area contributed by atoms with Gasteiger partial charge in [0.05, 0.1) is 19.4 Å². The van der Waals surface area contributed by atoms with Gasteiger partial charge >= 0.3 is 0 Å². The van der Waals surface area contributed by atoms with Crippen molar-refractivity contribution in [1.82, 2.24) is 4.98 Å². The molecule has 0 amide bonds. The Morgan fingerprint density at radius 2 is 2.12 bits per heavy atom. The Morgan fingerprint density at radius 1 is 1.38 bits per heavy atom. The number of ether oxygens (including phenoxy) is 1. The fourth-order valence-electron chi connectivity index (χ4n) is 1.08. The average Bonchev–Trinajstić information content (AvgIpc) is 2.26. The zero-order valence-corrected chi connectivity index (χ0v) is 10.2. The third kappa shape index (κ3) is 4.16. The van der Waals surface area contributed by atoms with E-state index in [1.807, 2.05) is 6.92 Å². The Hall–Kier alpha value is -1.14. The van der Waals surface area contributed by atoms with Crippen LogP contribution in [0.15, 0.2) is 18.2 Å². The molecular formula is C10H15NO4S. The molecule has 90 valence electrons. The molecule has 6 heteroatoms. The highest BCUT2D eigenvalue weighted by atomic mass is 32.2. The molecule has 1 aromatic rings. The molecule has 0 bridgehead atoms. The van der Waals surface area contributed by atoms with Crippen molar-refractivity contribution in [1.29, 1.82) is 0 Å². The number of rotatable bonds is 6. The Bertz CT molecular complexity index is 430. The Kier molecular flexibility index (Phi) is 4.70. The van der Waals surface area contributed by atoms with Crippen LogP contribution in [0.4, 0.5) is 0 Å². The summed E-state index contributed by atoms with van der Waals surface area (Å²) < 4.78 is 32.6. The van der Waals surface area contributed by atoms with Crippen LogP contribution in [0.1, 0.15) is 19.0 Å². The zero-order valence-electron chi connectivity index (χ0n) is 9.34. The van der Waals surface area contributed by atoms with Crippen LogP contribution in [0.2, 0.25) is 0 Å². The summed E-state index contributed by atoms with van der Waals surface area (Å²) in [5.74, 6) is 0.160. The lowest BCUT2D eigenvalue weighted by molar-refractivity contribution is 0.317. The van der Waals surface area contributed by atoms with Crippen molar-refractivity contribution in [2.24, 2.45) is 0 Å². The average molecular weight is 245 g/mol. The van der Waals surface area contributed by atoms with Gasteiger partial charge in [-0.05, 0) is 12.5 Å². The first-order chi connectivity index (χ1) is 7.57. The number of aromatic nitrogens is 1. The standard InChI is InChI=1S/C10H15NO4S/c1-3-7-15-16(12,13)8-9-5-4-6-10(11-9)14-2/h4-6H,3,7-8H2,1-2H3. The molecule has 0 aliphatic heterocycles. The van der Waals surface area contributed by atoms with Crippen molar-refractivity contribution in [3.8, 4) is 5.88 Å². The summed E-state index contributed by atoms with van der Waals surface area (Å²) in [4.78, 5) is 4.00. The number of hydrogen-bond acceptors (Lipinski definition) is 5. The van der Waals surface area contributed by atoms with Gasteiger partial charge in [-0.2, -0.15) is 8.42 Å². The Morgan fingerprint density at radius 3 is 2.75 bits per heavy atom. The van der Waals surface area contributed by atoms with E-state index >= 15 is 0 Å². The molecule has 0 saturated carbocycles. The van der Waals surface area contributed by atoms with Crippen molar-refractivity contribution in [3.05, 3.63) is 23.9 Å². The highest BCUT2D eigenvalue weighted by molar-refractivity contribution is 7.85. The molecule has 16 heavy (non-hydrogen) atoms. The van der Waals surface area contributed by atoms with E-state index in [1.54, 1.807) is 18.2 Å². The number of hydrogen-bond donors (Lipinski definition) is 0. The highest BCUT2D eigenvalue weighted by Crippen LogP contribution is 2.10. The summed E-state index contributed by atoms with van der Waals surface area (Å²) in [6, 6.07) is 4.97. The molecule has 0 aliphatic rings. The first-order valence-electron chi connectivity index (χ1n) is 4.94. The molecule has 0 atom stereocenters. The smallest absolute Gasteiger partial charge is 0.273 e. The predicted octanol–water partition coefficient (Wildman–Crippen LogP) is 1.35. The van der Waals surface area contributed by atoms with Gasteiger partial charge in [0, 0.05) is 6.07 Å². The van der Waals surface area contributed by atoms with E-state index < -0.39 is 10.1 Å². The van der Waals surface area contributed by atoms with E-state index in [-0.39, 0.29) is 12.4 Å². The van der Waals surface area contributed by atoms with Crippen molar-refractivity contribution in [2.45, 2.75) is 19.1 Å². The van der Waals surface area contributed by atoms with E-state index in [0.29, 0.717) is 18.0 Å². The maximum atomic E-state index is 11.5. The van der Waals surface area contributed by atoms with Crippen LogP contribution >= 0.6 is 0 Å².